The molecular weight excluding hydrogens is 367 g/mol. The van der Waals surface area contributed by atoms with E-state index in [-0.39, 0.29) is 24.8 Å². The standard InChI is InChI=1S/C19H23FN4O4/c1-11(25)21-6-13-8-24(19(26)28-13)12-3-4-18(17(20)5-12)23-9-15-14(7-22-27-2)16(15)10-23/h3-5,7,13,15-16,22H,6,8-10H2,1-2H3,(H,21,25)/t13-,15-,16+/m0/s1. The third kappa shape index (κ3) is 3.49. The van der Waals surface area contributed by atoms with Crippen molar-refractivity contribution >= 4 is 23.4 Å². The average Bonchev–Trinajstić information content (AvgIpc) is 2.98. The van der Waals surface area contributed by atoms with Gasteiger partial charge in [0.2, 0.25) is 5.91 Å². The maximum absolute atomic E-state index is 14.8. The predicted molar refractivity (Wildman–Crippen MR) is 100 cm³/mol. The number of rotatable bonds is 6. The largest absolute Gasteiger partial charge is 0.442 e. The Kier molecular flexibility index (Phi) is 4.84. The Morgan fingerprint density at radius 1 is 1.36 bits per heavy atom. The molecule has 2 amide bonds. The van der Waals surface area contributed by atoms with Gasteiger partial charge in [0, 0.05) is 38.0 Å². The second-order valence-corrected chi connectivity index (χ2v) is 7.27. The highest BCUT2D eigenvalue weighted by molar-refractivity contribution is 5.90. The number of carbonyl (C=O) groups is 2. The molecule has 0 aromatic heterocycles. The van der Waals surface area contributed by atoms with Gasteiger partial charge in [-0.05, 0) is 23.8 Å². The highest BCUT2D eigenvalue weighted by Gasteiger charge is 2.51. The Labute approximate surface area is 162 Å². The number of amides is 2. The number of hydrogen-bond acceptors (Lipinski definition) is 6. The monoisotopic (exact) mass is 390 g/mol. The Bertz CT molecular complexity index is 816. The number of nitrogens with one attached hydrogen (secondary N) is 2. The summed E-state index contributed by atoms with van der Waals surface area (Å²) in [6.45, 7) is 3.44. The summed E-state index contributed by atoms with van der Waals surface area (Å²) in [5.74, 6) is 0.316. The van der Waals surface area contributed by atoms with Crippen LogP contribution in [0.5, 0.6) is 0 Å². The molecule has 0 bridgehead atoms. The van der Waals surface area contributed by atoms with Crippen LogP contribution in [0.1, 0.15) is 6.92 Å². The molecule has 9 heteroatoms. The fraction of sp³-hybridized carbons (Fsp3) is 0.474. The first kappa shape index (κ1) is 18.5. The molecule has 2 saturated heterocycles. The van der Waals surface area contributed by atoms with Crippen LogP contribution in [-0.2, 0) is 14.4 Å². The molecule has 3 fully saturated rings. The maximum atomic E-state index is 14.8. The third-order valence-electron chi connectivity index (χ3n) is 5.45. The quantitative estimate of drug-likeness (QED) is 0.715. The summed E-state index contributed by atoms with van der Waals surface area (Å²) in [6.07, 6.45) is 0.892. The minimum atomic E-state index is -0.537. The van der Waals surface area contributed by atoms with Crippen molar-refractivity contribution in [2.45, 2.75) is 13.0 Å². The number of fused-ring (bicyclic) bond motifs is 1. The summed E-state index contributed by atoms with van der Waals surface area (Å²) in [4.78, 5) is 31.3. The van der Waals surface area contributed by atoms with Crippen molar-refractivity contribution in [3.8, 4) is 0 Å². The molecular formula is C19H23FN4O4. The van der Waals surface area contributed by atoms with Gasteiger partial charge in [-0.2, -0.15) is 0 Å². The van der Waals surface area contributed by atoms with Gasteiger partial charge in [-0.15, -0.1) is 0 Å². The van der Waals surface area contributed by atoms with Crippen LogP contribution in [0.25, 0.3) is 0 Å². The topological polar surface area (TPSA) is 83.1 Å². The van der Waals surface area contributed by atoms with Crippen molar-refractivity contribution in [2.24, 2.45) is 11.8 Å². The van der Waals surface area contributed by atoms with Gasteiger partial charge in [-0.25, -0.2) is 9.18 Å². The van der Waals surface area contributed by atoms with Gasteiger partial charge in [0.1, 0.15) is 11.9 Å². The van der Waals surface area contributed by atoms with Crippen LogP contribution in [0.4, 0.5) is 20.6 Å². The first-order chi connectivity index (χ1) is 13.5. The normalized spacial score (nSPS) is 27.0. The Morgan fingerprint density at radius 2 is 2.11 bits per heavy atom. The van der Waals surface area contributed by atoms with Crippen molar-refractivity contribution in [2.75, 3.05) is 43.1 Å². The molecule has 1 aromatic rings. The van der Waals surface area contributed by atoms with Crippen LogP contribution in [0.2, 0.25) is 0 Å². The molecule has 3 aliphatic rings. The minimum absolute atomic E-state index is 0.190. The summed E-state index contributed by atoms with van der Waals surface area (Å²) in [7, 11) is 1.57. The van der Waals surface area contributed by atoms with E-state index in [2.05, 4.69) is 10.8 Å². The lowest BCUT2D eigenvalue weighted by Crippen LogP contribution is -2.33. The van der Waals surface area contributed by atoms with Gasteiger partial charge >= 0.3 is 6.09 Å². The van der Waals surface area contributed by atoms with E-state index in [0.29, 0.717) is 23.2 Å². The first-order valence-corrected chi connectivity index (χ1v) is 9.23. The van der Waals surface area contributed by atoms with Gasteiger partial charge in [0.05, 0.1) is 31.6 Å². The number of cyclic esters (lactones) is 1. The van der Waals surface area contributed by atoms with E-state index in [1.54, 1.807) is 19.2 Å². The molecule has 4 rings (SSSR count). The Morgan fingerprint density at radius 3 is 2.75 bits per heavy atom. The van der Waals surface area contributed by atoms with E-state index in [9.17, 15) is 14.0 Å². The smallest absolute Gasteiger partial charge is 0.414 e. The van der Waals surface area contributed by atoms with E-state index in [0.717, 1.165) is 13.1 Å². The summed E-state index contributed by atoms with van der Waals surface area (Å²) in [5.41, 5.74) is 5.03. The summed E-state index contributed by atoms with van der Waals surface area (Å²) >= 11 is 0. The summed E-state index contributed by atoms with van der Waals surface area (Å²) in [6, 6.07) is 4.80. The van der Waals surface area contributed by atoms with Crippen LogP contribution >= 0.6 is 0 Å². The van der Waals surface area contributed by atoms with Crippen molar-refractivity contribution in [1.29, 1.82) is 0 Å². The number of nitrogens with zero attached hydrogens (tertiary/aromatic N) is 2. The fourth-order valence-electron chi connectivity index (χ4n) is 3.97. The molecule has 0 spiro atoms. The summed E-state index contributed by atoms with van der Waals surface area (Å²) < 4.78 is 20.0. The van der Waals surface area contributed by atoms with Gasteiger partial charge in [0.15, 0.2) is 0 Å². The first-order valence-electron chi connectivity index (χ1n) is 9.23. The third-order valence-corrected chi connectivity index (χ3v) is 5.45. The lowest BCUT2D eigenvalue weighted by Gasteiger charge is -2.22. The Hall–Kier alpha value is -2.81. The molecule has 3 atom stereocenters. The molecule has 28 heavy (non-hydrogen) atoms. The molecule has 8 nitrogen and oxygen atoms in total. The molecule has 1 aliphatic carbocycles. The predicted octanol–water partition coefficient (Wildman–Crippen LogP) is 1.39. The summed E-state index contributed by atoms with van der Waals surface area (Å²) in [5, 5.41) is 2.62. The molecule has 1 saturated carbocycles. The average molecular weight is 390 g/mol. The molecule has 2 N–H and O–H groups in total. The highest BCUT2D eigenvalue weighted by Crippen LogP contribution is 2.52. The number of anilines is 2. The highest BCUT2D eigenvalue weighted by atomic mass is 19.1. The number of carbonyl (C=O) groups excluding carboxylic acids is 2. The van der Waals surface area contributed by atoms with Crippen LogP contribution in [0, 0.1) is 17.7 Å². The van der Waals surface area contributed by atoms with Crippen LogP contribution < -0.4 is 20.6 Å². The number of hydroxylamine groups is 1. The van der Waals surface area contributed by atoms with Gasteiger partial charge in [0.25, 0.3) is 0 Å². The molecule has 150 valence electrons. The van der Waals surface area contributed by atoms with Crippen LogP contribution in [0.15, 0.2) is 30.0 Å². The fourth-order valence-corrected chi connectivity index (χ4v) is 3.97. The van der Waals surface area contributed by atoms with E-state index >= 15 is 0 Å². The van der Waals surface area contributed by atoms with E-state index in [1.165, 1.54) is 23.5 Å². The van der Waals surface area contributed by atoms with Gasteiger partial charge in [-0.3, -0.25) is 20.0 Å². The second-order valence-electron chi connectivity index (χ2n) is 7.27. The number of hydrogen-bond donors (Lipinski definition) is 2. The zero-order valence-electron chi connectivity index (χ0n) is 15.8. The number of benzene rings is 1. The molecule has 0 radical (unpaired) electrons. The van der Waals surface area contributed by atoms with Crippen molar-refractivity contribution < 1.29 is 23.6 Å². The van der Waals surface area contributed by atoms with Crippen molar-refractivity contribution in [3.63, 3.8) is 0 Å². The molecule has 0 unspecified atom stereocenters. The molecule has 2 heterocycles. The van der Waals surface area contributed by atoms with Crippen LogP contribution in [-0.4, -0.2) is 51.4 Å². The van der Waals surface area contributed by atoms with E-state index in [4.69, 9.17) is 9.57 Å². The zero-order valence-corrected chi connectivity index (χ0v) is 15.8. The minimum Gasteiger partial charge on any atom is -0.442 e. The second kappa shape index (κ2) is 7.31. The lowest BCUT2D eigenvalue weighted by molar-refractivity contribution is -0.119. The van der Waals surface area contributed by atoms with Crippen molar-refractivity contribution in [3.05, 3.63) is 35.8 Å². The van der Waals surface area contributed by atoms with E-state index < -0.39 is 12.2 Å². The lowest BCUT2D eigenvalue weighted by atomic mass is 10.2. The Balaban J connectivity index is 1.39. The number of ether oxygens (including phenoxy) is 1. The van der Waals surface area contributed by atoms with Crippen molar-refractivity contribution in [1.82, 2.24) is 10.8 Å². The van der Waals surface area contributed by atoms with Gasteiger partial charge < -0.3 is 15.0 Å². The van der Waals surface area contributed by atoms with Crippen LogP contribution in [0.3, 0.4) is 0 Å². The molecule has 1 aromatic carbocycles. The zero-order chi connectivity index (χ0) is 19.8. The van der Waals surface area contributed by atoms with E-state index in [1.807, 2.05) is 11.1 Å². The maximum Gasteiger partial charge on any atom is 0.414 e. The van der Waals surface area contributed by atoms with Gasteiger partial charge in [-0.1, -0.05) is 0 Å². The molecule has 2 aliphatic heterocycles. The SMILES string of the molecule is CONC=C1[C@H]2CN(c3ccc(N4C[C@H](CNC(C)=O)OC4=O)cc3F)C[C@@H]12. The number of halogens is 1. The number of piperidine rings is 1.